The van der Waals surface area contributed by atoms with Gasteiger partial charge in [-0.15, -0.1) is 0 Å². The molecule has 108 valence electrons. The lowest BCUT2D eigenvalue weighted by molar-refractivity contribution is 0.101. The first-order valence-electron chi connectivity index (χ1n) is 6.97. The van der Waals surface area contributed by atoms with Crippen molar-refractivity contribution in [3.8, 4) is 5.75 Å². The summed E-state index contributed by atoms with van der Waals surface area (Å²) in [5.74, 6) is 0.723. The van der Waals surface area contributed by atoms with Crippen molar-refractivity contribution in [2.45, 2.75) is 33.2 Å². The number of benzene rings is 1. The maximum atomic E-state index is 6.19. The molecular formula is C15H24ClNO2. The fourth-order valence-corrected chi connectivity index (χ4v) is 1.90. The normalized spacial score (nSPS) is 10.7. The van der Waals surface area contributed by atoms with Gasteiger partial charge in [-0.2, -0.15) is 0 Å². The first-order valence-corrected chi connectivity index (χ1v) is 7.35. The molecule has 1 aromatic carbocycles. The minimum atomic E-state index is 0.535. The van der Waals surface area contributed by atoms with E-state index in [0.717, 1.165) is 38.3 Å². The third-order valence-electron chi connectivity index (χ3n) is 2.59. The van der Waals surface area contributed by atoms with E-state index in [0.29, 0.717) is 18.2 Å². The van der Waals surface area contributed by atoms with Crippen LogP contribution in [0, 0.1) is 0 Å². The molecule has 1 N–H and O–H groups in total. The highest BCUT2D eigenvalue weighted by Gasteiger charge is 2.03. The zero-order valence-corrected chi connectivity index (χ0v) is 12.6. The number of hydrogen-bond acceptors (Lipinski definition) is 3. The van der Waals surface area contributed by atoms with E-state index in [1.165, 1.54) is 5.56 Å². The van der Waals surface area contributed by atoms with Crippen molar-refractivity contribution < 1.29 is 9.47 Å². The number of ether oxygens (including phenoxy) is 2. The molecule has 0 aliphatic heterocycles. The standard InChI is InChI=1S/C15H24ClNO2/c1-3-7-17-12-13-5-6-15(14(16)11-13)19-10-9-18-8-4-2/h5-6,11,17H,3-4,7-10,12H2,1-2H3. The molecule has 0 aliphatic rings. The molecule has 0 aromatic heterocycles. The summed E-state index contributed by atoms with van der Waals surface area (Å²) in [4.78, 5) is 0. The van der Waals surface area contributed by atoms with Crippen molar-refractivity contribution in [2.75, 3.05) is 26.4 Å². The predicted octanol–water partition coefficient (Wildman–Crippen LogP) is 3.65. The Balaban J connectivity index is 2.34. The first kappa shape index (κ1) is 16.3. The lowest BCUT2D eigenvalue weighted by Crippen LogP contribution is -2.13. The van der Waals surface area contributed by atoms with Gasteiger partial charge in [-0.25, -0.2) is 0 Å². The van der Waals surface area contributed by atoms with Gasteiger partial charge in [-0.05, 0) is 37.1 Å². The second-order valence-electron chi connectivity index (χ2n) is 4.40. The van der Waals surface area contributed by atoms with Crippen LogP contribution in [0.3, 0.4) is 0 Å². The molecule has 1 aromatic rings. The Morgan fingerprint density at radius 2 is 1.95 bits per heavy atom. The van der Waals surface area contributed by atoms with Gasteiger partial charge in [0.2, 0.25) is 0 Å². The maximum absolute atomic E-state index is 6.19. The third-order valence-corrected chi connectivity index (χ3v) is 2.88. The predicted molar refractivity (Wildman–Crippen MR) is 80.1 cm³/mol. The highest BCUT2D eigenvalue weighted by molar-refractivity contribution is 6.32. The van der Waals surface area contributed by atoms with E-state index >= 15 is 0 Å². The summed E-state index contributed by atoms with van der Waals surface area (Å²) in [6.07, 6.45) is 2.16. The van der Waals surface area contributed by atoms with Crippen molar-refractivity contribution in [1.82, 2.24) is 5.32 Å². The number of hydrogen-bond donors (Lipinski definition) is 1. The monoisotopic (exact) mass is 285 g/mol. The molecule has 0 heterocycles. The van der Waals surface area contributed by atoms with Gasteiger partial charge in [0.1, 0.15) is 12.4 Å². The van der Waals surface area contributed by atoms with Crippen LogP contribution in [0.25, 0.3) is 0 Å². The highest BCUT2D eigenvalue weighted by atomic mass is 35.5. The Kier molecular flexibility index (Phi) is 8.63. The summed E-state index contributed by atoms with van der Waals surface area (Å²) >= 11 is 6.19. The fraction of sp³-hybridized carbons (Fsp3) is 0.600. The molecule has 3 nitrogen and oxygen atoms in total. The number of halogens is 1. The van der Waals surface area contributed by atoms with Crippen molar-refractivity contribution in [1.29, 1.82) is 0 Å². The summed E-state index contributed by atoms with van der Waals surface area (Å²) in [7, 11) is 0. The minimum Gasteiger partial charge on any atom is -0.490 e. The van der Waals surface area contributed by atoms with E-state index < -0.39 is 0 Å². The molecule has 0 radical (unpaired) electrons. The van der Waals surface area contributed by atoms with Crippen molar-refractivity contribution >= 4 is 11.6 Å². The summed E-state index contributed by atoms with van der Waals surface area (Å²) < 4.78 is 10.9. The Labute approximate surface area is 121 Å². The minimum absolute atomic E-state index is 0.535. The fourth-order valence-electron chi connectivity index (χ4n) is 1.64. The zero-order valence-electron chi connectivity index (χ0n) is 11.9. The average Bonchev–Trinajstić information content (AvgIpc) is 2.41. The van der Waals surface area contributed by atoms with Crippen LogP contribution in [0.1, 0.15) is 32.3 Å². The van der Waals surface area contributed by atoms with Crippen molar-refractivity contribution in [2.24, 2.45) is 0 Å². The zero-order chi connectivity index (χ0) is 13.9. The van der Waals surface area contributed by atoms with Crippen LogP contribution in [0.2, 0.25) is 5.02 Å². The van der Waals surface area contributed by atoms with Crippen molar-refractivity contribution in [3.05, 3.63) is 28.8 Å². The van der Waals surface area contributed by atoms with Gasteiger partial charge in [0.05, 0.1) is 11.6 Å². The smallest absolute Gasteiger partial charge is 0.138 e. The van der Waals surface area contributed by atoms with Gasteiger partial charge >= 0.3 is 0 Å². The molecular weight excluding hydrogens is 262 g/mol. The molecule has 0 saturated carbocycles. The van der Waals surface area contributed by atoms with E-state index in [2.05, 4.69) is 19.2 Å². The summed E-state index contributed by atoms with van der Waals surface area (Å²) in [6, 6.07) is 5.91. The van der Waals surface area contributed by atoms with Crippen LogP contribution >= 0.6 is 11.6 Å². The molecule has 0 aliphatic carbocycles. The number of nitrogens with one attached hydrogen (secondary N) is 1. The largest absolute Gasteiger partial charge is 0.490 e. The van der Waals surface area contributed by atoms with Gasteiger partial charge in [0.25, 0.3) is 0 Å². The van der Waals surface area contributed by atoms with Gasteiger partial charge in [-0.1, -0.05) is 31.5 Å². The van der Waals surface area contributed by atoms with Crippen LogP contribution < -0.4 is 10.1 Å². The van der Waals surface area contributed by atoms with Crippen LogP contribution in [0.15, 0.2) is 18.2 Å². The molecule has 0 unspecified atom stereocenters. The van der Waals surface area contributed by atoms with E-state index in [-0.39, 0.29) is 0 Å². The van der Waals surface area contributed by atoms with Crippen LogP contribution in [-0.2, 0) is 11.3 Å². The van der Waals surface area contributed by atoms with Gasteiger partial charge in [-0.3, -0.25) is 0 Å². The molecule has 1 rings (SSSR count). The molecule has 0 atom stereocenters. The molecule has 0 amide bonds. The van der Waals surface area contributed by atoms with Crippen LogP contribution in [0.4, 0.5) is 0 Å². The quantitative estimate of drug-likeness (QED) is 0.666. The summed E-state index contributed by atoms with van der Waals surface area (Å²) in [6.45, 7) is 8.01. The Hall–Kier alpha value is -0.770. The van der Waals surface area contributed by atoms with Crippen LogP contribution in [-0.4, -0.2) is 26.4 Å². The Bertz CT molecular complexity index is 358. The SMILES string of the molecule is CCCNCc1ccc(OCCOCCC)c(Cl)c1. The Morgan fingerprint density at radius 1 is 1.11 bits per heavy atom. The first-order chi connectivity index (χ1) is 9.27. The second-order valence-corrected chi connectivity index (χ2v) is 4.81. The molecule has 4 heteroatoms. The Morgan fingerprint density at radius 3 is 2.63 bits per heavy atom. The maximum Gasteiger partial charge on any atom is 0.138 e. The summed E-state index contributed by atoms with van der Waals surface area (Å²) in [5, 5.41) is 4.00. The third kappa shape index (κ3) is 6.81. The highest BCUT2D eigenvalue weighted by Crippen LogP contribution is 2.25. The summed E-state index contributed by atoms with van der Waals surface area (Å²) in [5.41, 5.74) is 1.17. The van der Waals surface area contributed by atoms with E-state index in [1.807, 2.05) is 18.2 Å². The topological polar surface area (TPSA) is 30.5 Å². The molecule has 0 bridgehead atoms. The van der Waals surface area contributed by atoms with Crippen LogP contribution in [0.5, 0.6) is 5.75 Å². The number of rotatable bonds is 10. The van der Waals surface area contributed by atoms with E-state index in [9.17, 15) is 0 Å². The van der Waals surface area contributed by atoms with Gasteiger partial charge < -0.3 is 14.8 Å². The van der Waals surface area contributed by atoms with E-state index in [4.69, 9.17) is 21.1 Å². The molecule has 0 fully saturated rings. The lowest BCUT2D eigenvalue weighted by Gasteiger charge is -2.10. The van der Waals surface area contributed by atoms with Crippen molar-refractivity contribution in [3.63, 3.8) is 0 Å². The second kappa shape index (κ2) is 10.1. The molecule has 0 saturated heterocycles. The van der Waals surface area contributed by atoms with Gasteiger partial charge in [0, 0.05) is 13.2 Å². The van der Waals surface area contributed by atoms with E-state index in [1.54, 1.807) is 0 Å². The molecule has 0 spiro atoms. The average molecular weight is 286 g/mol. The molecule has 19 heavy (non-hydrogen) atoms. The lowest BCUT2D eigenvalue weighted by atomic mass is 10.2. The van der Waals surface area contributed by atoms with Gasteiger partial charge in [0.15, 0.2) is 0 Å².